The first-order valence-corrected chi connectivity index (χ1v) is 8.61. The molecule has 0 spiro atoms. The van der Waals surface area contributed by atoms with Gasteiger partial charge in [0.2, 0.25) is 11.9 Å². The van der Waals surface area contributed by atoms with Crippen molar-refractivity contribution >= 4 is 11.9 Å². The number of carbonyl (C=O) groups excluding carboxylic acids is 1. The SMILES string of the molecule is O=C(CC1CCC1)N1C[C@H](Nc2ncccn2)[C@@H](C2CC2)C1. The van der Waals surface area contributed by atoms with Crippen LogP contribution in [0.5, 0.6) is 0 Å². The summed E-state index contributed by atoms with van der Waals surface area (Å²) in [4.78, 5) is 23.1. The number of carbonyl (C=O) groups is 1. The van der Waals surface area contributed by atoms with Gasteiger partial charge in [-0.1, -0.05) is 6.42 Å². The zero-order valence-electron chi connectivity index (χ0n) is 12.9. The van der Waals surface area contributed by atoms with Gasteiger partial charge in [-0.05, 0) is 43.6 Å². The molecule has 4 rings (SSSR count). The van der Waals surface area contributed by atoms with E-state index in [1.807, 2.05) is 6.07 Å². The zero-order chi connectivity index (χ0) is 14.9. The third kappa shape index (κ3) is 2.94. The van der Waals surface area contributed by atoms with Crippen LogP contribution in [-0.2, 0) is 4.79 Å². The van der Waals surface area contributed by atoms with Gasteiger partial charge in [-0.25, -0.2) is 9.97 Å². The normalized spacial score (nSPS) is 28.5. The van der Waals surface area contributed by atoms with E-state index in [1.165, 1.54) is 32.1 Å². The number of likely N-dealkylation sites (tertiary alicyclic amines) is 1. The summed E-state index contributed by atoms with van der Waals surface area (Å²) in [7, 11) is 0. The second-order valence-corrected chi connectivity index (χ2v) is 7.12. The highest BCUT2D eigenvalue weighted by molar-refractivity contribution is 5.77. The molecule has 22 heavy (non-hydrogen) atoms. The fraction of sp³-hybridized carbons (Fsp3) is 0.706. The first kappa shape index (κ1) is 14.0. The molecule has 1 aromatic rings. The van der Waals surface area contributed by atoms with Crippen LogP contribution in [0, 0.1) is 17.8 Å². The van der Waals surface area contributed by atoms with Gasteiger partial charge in [0.05, 0.1) is 6.04 Å². The Balaban J connectivity index is 1.40. The molecule has 1 aliphatic heterocycles. The first-order chi connectivity index (χ1) is 10.8. The van der Waals surface area contributed by atoms with Gasteiger partial charge in [-0.3, -0.25) is 4.79 Å². The van der Waals surface area contributed by atoms with Crippen LogP contribution in [0.2, 0.25) is 0 Å². The van der Waals surface area contributed by atoms with Crippen LogP contribution in [0.3, 0.4) is 0 Å². The van der Waals surface area contributed by atoms with Gasteiger partial charge in [0.25, 0.3) is 0 Å². The standard InChI is InChI=1S/C17H24N4O/c22-16(9-12-3-1-4-12)21-10-14(13-5-6-13)15(11-21)20-17-18-7-2-8-19-17/h2,7-8,12-15H,1,3-6,9-11H2,(H,18,19,20)/t14-,15+/m1/s1. The summed E-state index contributed by atoms with van der Waals surface area (Å²) in [6.45, 7) is 1.73. The Morgan fingerprint density at radius 1 is 1.18 bits per heavy atom. The topological polar surface area (TPSA) is 58.1 Å². The third-order valence-corrected chi connectivity index (χ3v) is 5.51. The molecule has 118 valence electrons. The molecule has 5 heteroatoms. The van der Waals surface area contributed by atoms with E-state index in [0.29, 0.717) is 29.7 Å². The number of hydrogen-bond donors (Lipinski definition) is 1. The monoisotopic (exact) mass is 300 g/mol. The predicted molar refractivity (Wildman–Crippen MR) is 84.2 cm³/mol. The van der Waals surface area contributed by atoms with E-state index >= 15 is 0 Å². The van der Waals surface area contributed by atoms with Crippen molar-refractivity contribution in [2.75, 3.05) is 18.4 Å². The number of hydrogen-bond acceptors (Lipinski definition) is 4. The number of nitrogens with one attached hydrogen (secondary N) is 1. The highest BCUT2D eigenvalue weighted by Gasteiger charge is 2.44. The molecular formula is C17H24N4O. The lowest BCUT2D eigenvalue weighted by Gasteiger charge is -2.27. The molecule has 1 N–H and O–H groups in total. The quantitative estimate of drug-likeness (QED) is 0.906. The average molecular weight is 300 g/mol. The highest BCUT2D eigenvalue weighted by atomic mass is 16.2. The summed E-state index contributed by atoms with van der Waals surface area (Å²) < 4.78 is 0. The summed E-state index contributed by atoms with van der Waals surface area (Å²) in [5, 5.41) is 3.46. The van der Waals surface area contributed by atoms with E-state index in [1.54, 1.807) is 12.4 Å². The molecule has 1 amide bonds. The second kappa shape index (κ2) is 5.86. The van der Waals surface area contributed by atoms with Gasteiger partial charge >= 0.3 is 0 Å². The molecule has 3 aliphatic rings. The van der Waals surface area contributed by atoms with E-state index in [-0.39, 0.29) is 0 Å². The van der Waals surface area contributed by atoms with Crippen molar-refractivity contribution in [2.24, 2.45) is 17.8 Å². The summed E-state index contributed by atoms with van der Waals surface area (Å²) in [5.41, 5.74) is 0. The van der Waals surface area contributed by atoms with Crippen molar-refractivity contribution < 1.29 is 4.79 Å². The lowest BCUT2D eigenvalue weighted by Crippen LogP contribution is -2.34. The van der Waals surface area contributed by atoms with E-state index in [0.717, 1.165) is 25.4 Å². The number of nitrogens with zero attached hydrogens (tertiary/aromatic N) is 3. The number of amides is 1. The number of anilines is 1. The van der Waals surface area contributed by atoms with Gasteiger partial charge in [0.15, 0.2) is 0 Å². The van der Waals surface area contributed by atoms with E-state index in [4.69, 9.17) is 0 Å². The van der Waals surface area contributed by atoms with Crippen LogP contribution in [0.15, 0.2) is 18.5 Å². The fourth-order valence-electron chi connectivity index (χ4n) is 3.80. The van der Waals surface area contributed by atoms with Crippen LogP contribution in [0.25, 0.3) is 0 Å². The molecular weight excluding hydrogens is 276 g/mol. The van der Waals surface area contributed by atoms with Gasteiger partial charge in [0, 0.05) is 37.8 Å². The minimum atomic E-state index is 0.306. The Morgan fingerprint density at radius 3 is 2.59 bits per heavy atom. The minimum absolute atomic E-state index is 0.306. The molecule has 2 heterocycles. The molecule has 0 unspecified atom stereocenters. The Kier molecular flexibility index (Phi) is 3.72. The Labute approximate surface area is 131 Å². The molecule has 5 nitrogen and oxygen atoms in total. The fourth-order valence-corrected chi connectivity index (χ4v) is 3.80. The lowest BCUT2D eigenvalue weighted by atomic mass is 9.83. The van der Waals surface area contributed by atoms with Crippen LogP contribution >= 0.6 is 0 Å². The van der Waals surface area contributed by atoms with Crippen molar-refractivity contribution in [1.29, 1.82) is 0 Å². The van der Waals surface area contributed by atoms with Crippen molar-refractivity contribution in [1.82, 2.24) is 14.9 Å². The predicted octanol–water partition coefficient (Wildman–Crippen LogP) is 2.32. The summed E-state index contributed by atoms with van der Waals surface area (Å²) >= 11 is 0. The van der Waals surface area contributed by atoms with Crippen molar-refractivity contribution in [3.05, 3.63) is 18.5 Å². The minimum Gasteiger partial charge on any atom is -0.349 e. The maximum absolute atomic E-state index is 12.5. The summed E-state index contributed by atoms with van der Waals surface area (Å²) in [5.74, 6) is 3.04. The van der Waals surface area contributed by atoms with Gasteiger partial charge in [-0.15, -0.1) is 0 Å². The van der Waals surface area contributed by atoms with Crippen LogP contribution in [-0.4, -0.2) is 39.9 Å². The van der Waals surface area contributed by atoms with Crippen molar-refractivity contribution in [3.8, 4) is 0 Å². The summed E-state index contributed by atoms with van der Waals surface area (Å²) in [6.07, 6.45) is 10.7. The Morgan fingerprint density at radius 2 is 1.95 bits per heavy atom. The van der Waals surface area contributed by atoms with E-state index in [2.05, 4.69) is 20.2 Å². The zero-order valence-corrected chi connectivity index (χ0v) is 12.9. The van der Waals surface area contributed by atoms with Gasteiger partial charge in [-0.2, -0.15) is 0 Å². The molecule has 2 aliphatic carbocycles. The smallest absolute Gasteiger partial charge is 0.222 e. The summed E-state index contributed by atoms with van der Waals surface area (Å²) in [6, 6.07) is 2.13. The second-order valence-electron chi connectivity index (χ2n) is 7.12. The van der Waals surface area contributed by atoms with Crippen molar-refractivity contribution in [3.63, 3.8) is 0 Å². The first-order valence-electron chi connectivity index (χ1n) is 8.61. The maximum Gasteiger partial charge on any atom is 0.222 e. The van der Waals surface area contributed by atoms with Crippen LogP contribution < -0.4 is 5.32 Å². The average Bonchev–Trinajstić information content (AvgIpc) is 3.25. The van der Waals surface area contributed by atoms with Crippen LogP contribution in [0.1, 0.15) is 38.5 Å². The molecule has 2 saturated carbocycles. The van der Waals surface area contributed by atoms with Gasteiger partial charge < -0.3 is 10.2 Å². The van der Waals surface area contributed by atoms with Gasteiger partial charge in [0.1, 0.15) is 0 Å². The van der Waals surface area contributed by atoms with E-state index < -0.39 is 0 Å². The third-order valence-electron chi connectivity index (χ3n) is 5.51. The number of rotatable bonds is 5. The molecule has 1 aromatic heterocycles. The Bertz CT molecular complexity index is 527. The molecule has 1 saturated heterocycles. The molecule has 0 bridgehead atoms. The lowest BCUT2D eigenvalue weighted by molar-refractivity contribution is -0.131. The molecule has 0 aromatic carbocycles. The highest BCUT2D eigenvalue weighted by Crippen LogP contribution is 2.42. The van der Waals surface area contributed by atoms with Crippen molar-refractivity contribution in [2.45, 2.75) is 44.6 Å². The maximum atomic E-state index is 12.5. The van der Waals surface area contributed by atoms with E-state index in [9.17, 15) is 4.79 Å². The molecule has 3 fully saturated rings. The largest absolute Gasteiger partial charge is 0.349 e. The molecule has 0 radical (unpaired) electrons. The Hall–Kier alpha value is -1.65. The number of aromatic nitrogens is 2. The van der Waals surface area contributed by atoms with Crippen LogP contribution in [0.4, 0.5) is 5.95 Å². The molecule has 2 atom stereocenters.